The molecule has 1 aromatic rings. The zero-order valence-corrected chi connectivity index (χ0v) is 12.1. The van der Waals surface area contributed by atoms with Crippen LogP contribution < -0.4 is 5.32 Å². The van der Waals surface area contributed by atoms with E-state index < -0.39 is 0 Å². The van der Waals surface area contributed by atoms with Gasteiger partial charge < -0.3 is 10.4 Å². The van der Waals surface area contributed by atoms with E-state index in [9.17, 15) is 9.90 Å². The first-order chi connectivity index (χ1) is 8.91. The molecule has 0 saturated heterocycles. The number of nitrogens with one attached hydrogen (secondary N) is 1. The quantitative estimate of drug-likeness (QED) is 0.820. The topological polar surface area (TPSA) is 65.5 Å². The zero-order valence-electron chi connectivity index (χ0n) is 12.1. The molecule has 2 N–H and O–H groups in total. The van der Waals surface area contributed by atoms with E-state index in [2.05, 4.69) is 42.9 Å². The molecule has 1 heterocycles. The third kappa shape index (κ3) is 4.87. The van der Waals surface area contributed by atoms with Crippen LogP contribution in [0.5, 0.6) is 5.75 Å². The van der Waals surface area contributed by atoms with E-state index in [0.29, 0.717) is 24.2 Å². The highest BCUT2D eigenvalue weighted by Crippen LogP contribution is 2.08. The van der Waals surface area contributed by atoms with E-state index in [1.54, 1.807) is 0 Å². The van der Waals surface area contributed by atoms with Gasteiger partial charge in [-0.05, 0) is 33.8 Å². The Kier molecular flexibility index (Phi) is 5.76. The van der Waals surface area contributed by atoms with Crippen LogP contribution in [0.15, 0.2) is 18.5 Å². The van der Waals surface area contributed by atoms with Gasteiger partial charge in [0.05, 0.1) is 11.8 Å². The fourth-order valence-corrected chi connectivity index (χ4v) is 2.07. The van der Waals surface area contributed by atoms with Gasteiger partial charge in [-0.25, -0.2) is 0 Å². The van der Waals surface area contributed by atoms with Crippen molar-refractivity contribution in [2.75, 3.05) is 13.1 Å². The number of aromatic nitrogens is 1. The first-order valence-electron chi connectivity index (χ1n) is 6.59. The molecule has 1 amide bonds. The summed E-state index contributed by atoms with van der Waals surface area (Å²) in [5.41, 5.74) is 0.376. The van der Waals surface area contributed by atoms with Gasteiger partial charge in [-0.2, -0.15) is 0 Å². The Balaban J connectivity index is 2.47. The van der Waals surface area contributed by atoms with Crippen LogP contribution in [0.4, 0.5) is 0 Å². The second-order valence-electron chi connectivity index (χ2n) is 5.11. The van der Waals surface area contributed by atoms with E-state index in [4.69, 9.17) is 0 Å². The first-order valence-corrected chi connectivity index (χ1v) is 6.59. The van der Waals surface area contributed by atoms with Gasteiger partial charge in [-0.3, -0.25) is 14.7 Å². The number of hydrogen-bond donors (Lipinski definition) is 2. The van der Waals surface area contributed by atoms with Crippen molar-refractivity contribution in [1.29, 1.82) is 0 Å². The molecular weight excluding hydrogens is 242 g/mol. The average molecular weight is 265 g/mol. The van der Waals surface area contributed by atoms with Crippen LogP contribution in [0.2, 0.25) is 0 Å². The van der Waals surface area contributed by atoms with Crippen molar-refractivity contribution in [3.05, 3.63) is 24.0 Å². The van der Waals surface area contributed by atoms with Crippen molar-refractivity contribution < 1.29 is 9.90 Å². The number of rotatable bonds is 6. The van der Waals surface area contributed by atoms with Gasteiger partial charge in [0.25, 0.3) is 5.91 Å². The number of hydrogen-bond acceptors (Lipinski definition) is 4. The van der Waals surface area contributed by atoms with E-state index in [1.165, 1.54) is 18.5 Å². The number of aromatic hydroxyl groups is 1. The fourth-order valence-electron chi connectivity index (χ4n) is 2.07. The maximum absolute atomic E-state index is 11.8. The summed E-state index contributed by atoms with van der Waals surface area (Å²) in [6.07, 6.45) is 2.74. The van der Waals surface area contributed by atoms with Crippen molar-refractivity contribution in [3.63, 3.8) is 0 Å². The summed E-state index contributed by atoms with van der Waals surface area (Å²) in [5.74, 6) is -0.213. The predicted molar refractivity (Wildman–Crippen MR) is 75.2 cm³/mol. The predicted octanol–water partition coefficient (Wildman–Crippen LogP) is 1.64. The molecule has 106 valence electrons. The summed E-state index contributed by atoms with van der Waals surface area (Å²) >= 11 is 0. The molecule has 5 heteroatoms. The Morgan fingerprint density at radius 1 is 1.32 bits per heavy atom. The Labute approximate surface area is 114 Å². The van der Waals surface area contributed by atoms with Crippen LogP contribution >= 0.6 is 0 Å². The lowest BCUT2D eigenvalue weighted by atomic mass is 10.2. The molecule has 0 aliphatic carbocycles. The molecule has 0 bridgehead atoms. The van der Waals surface area contributed by atoms with Crippen molar-refractivity contribution in [3.8, 4) is 5.75 Å². The van der Waals surface area contributed by atoms with Gasteiger partial charge in [0, 0.05) is 31.4 Å². The van der Waals surface area contributed by atoms with Crippen molar-refractivity contribution >= 4 is 5.91 Å². The van der Waals surface area contributed by atoms with Crippen molar-refractivity contribution in [2.24, 2.45) is 0 Å². The normalized spacial score (nSPS) is 11.3. The monoisotopic (exact) mass is 265 g/mol. The highest BCUT2D eigenvalue weighted by Gasteiger charge is 2.13. The molecule has 0 aliphatic rings. The lowest BCUT2D eigenvalue weighted by Gasteiger charge is -2.30. The van der Waals surface area contributed by atoms with Gasteiger partial charge in [-0.1, -0.05) is 0 Å². The summed E-state index contributed by atoms with van der Waals surface area (Å²) in [7, 11) is 0. The number of pyridine rings is 1. The summed E-state index contributed by atoms with van der Waals surface area (Å²) in [4.78, 5) is 17.9. The molecule has 0 radical (unpaired) electrons. The van der Waals surface area contributed by atoms with Crippen molar-refractivity contribution in [1.82, 2.24) is 15.2 Å². The summed E-state index contributed by atoms with van der Waals surface area (Å²) in [6.45, 7) is 9.93. The smallest absolute Gasteiger partial charge is 0.253 e. The lowest BCUT2D eigenvalue weighted by molar-refractivity contribution is 0.0938. The molecule has 0 aliphatic heterocycles. The number of nitrogens with zero attached hydrogens (tertiary/aromatic N) is 2. The lowest BCUT2D eigenvalue weighted by Crippen LogP contribution is -2.42. The summed E-state index contributed by atoms with van der Waals surface area (Å²) < 4.78 is 0. The van der Waals surface area contributed by atoms with Crippen LogP contribution in [-0.2, 0) is 0 Å². The molecule has 0 saturated carbocycles. The number of carbonyl (C=O) groups excluding carboxylic acids is 1. The summed E-state index contributed by atoms with van der Waals surface area (Å²) in [6, 6.07) is 2.30. The fraction of sp³-hybridized carbons (Fsp3) is 0.571. The molecule has 0 fully saturated rings. The third-order valence-corrected chi connectivity index (χ3v) is 2.97. The Hall–Kier alpha value is -1.62. The van der Waals surface area contributed by atoms with Crippen molar-refractivity contribution in [2.45, 2.75) is 39.8 Å². The van der Waals surface area contributed by atoms with Crippen LogP contribution in [0.25, 0.3) is 0 Å². The number of amides is 1. The first kappa shape index (κ1) is 15.4. The Bertz CT molecular complexity index is 411. The minimum atomic E-state index is -0.212. The van der Waals surface area contributed by atoms with Crippen LogP contribution in [0.1, 0.15) is 38.1 Å². The van der Waals surface area contributed by atoms with E-state index in [-0.39, 0.29) is 11.7 Å². The van der Waals surface area contributed by atoms with Crippen LogP contribution in [0.3, 0.4) is 0 Å². The molecule has 1 aromatic heterocycles. The highest BCUT2D eigenvalue weighted by molar-refractivity contribution is 5.94. The molecule has 19 heavy (non-hydrogen) atoms. The van der Waals surface area contributed by atoms with Gasteiger partial charge in [-0.15, -0.1) is 0 Å². The molecular formula is C14H23N3O2. The molecule has 0 atom stereocenters. The van der Waals surface area contributed by atoms with Gasteiger partial charge >= 0.3 is 0 Å². The Morgan fingerprint density at radius 2 is 1.95 bits per heavy atom. The van der Waals surface area contributed by atoms with Crippen LogP contribution in [0, 0.1) is 0 Å². The largest absolute Gasteiger partial charge is 0.506 e. The van der Waals surface area contributed by atoms with Crippen LogP contribution in [-0.4, -0.2) is 46.1 Å². The second kappa shape index (κ2) is 7.09. The molecule has 0 unspecified atom stereocenters. The minimum absolute atomic E-state index is 0.00126. The van der Waals surface area contributed by atoms with Gasteiger partial charge in [0.2, 0.25) is 0 Å². The van der Waals surface area contributed by atoms with E-state index >= 15 is 0 Å². The molecule has 0 spiro atoms. The average Bonchev–Trinajstić information content (AvgIpc) is 2.33. The minimum Gasteiger partial charge on any atom is -0.506 e. The standard InChI is InChI=1S/C14H23N3O2/c1-10(2)17(11(3)4)6-5-16-14(19)12-7-13(18)9-15-8-12/h7-11,18H,5-6H2,1-4H3,(H,16,19). The SMILES string of the molecule is CC(C)N(CCNC(=O)c1cncc(O)c1)C(C)C. The molecule has 5 nitrogen and oxygen atoms in total. The highest BCUT2D eigenvalue weighted by atomic mass is 16.3. The number of carbonyl (C=O) groups is 1. The summed E-state index contributed by atoms with van der Waals surface area (Å²) in [5, 5.41) is 12.1. The third-order valence-electron chi connectivity index (χ3n) is 2.97. The molecule has 0 aromatic carbocycles. The van der Waals surface area contributed by atoms with Gasteiger partial charge in [0.15, 0.2) is 0 Å². The van der Waals surface area contributed by atoms with E-state index in [0.717, 1.165) is 6.54 Å². The maximum Gasteiger partial charge on any atom is 0.253 e. The molecule has 1 rings (SSSR count). The maximum atomic E-state index is 11.8. The van der Waals surface area contributed by atoms with Gasteiger partial charge in [0.1, 0.15) is 5.75 Å². The zero-order chi connectivity index (χ0) is 14.4. The van der Waals surface area contributed by atoms with E-state index in [1.807, 2.05) is 0 Å². The second-order valence-corrected chi connectivity index (χ2v) is 5.11. The Morgan fingerprint density at radius 3 is 2.47 bits per heavy atom.